The zero-order chi connectivity index (χ0) is 19.4. The highest BCUT2D eigenvalue weighted by molar-refractivity contribution is 5.77. The van der Waals surface area contributed by atoms with Crippen molar-refractivity contribution >= 4 is 12.6 Å². The SMILES string of the molecule is C=CCCC(C=O)N(C)Cc1cc(C(CCC)CCCC)ccc1C=O. The van der Waals surface area contributed by atoms with Gasteiger partial charge in [-0.05, 0) is 49.8 Å². The summed E-state index contributed by atoms with van der Waals surface area (Å²) < 4.78 is 0. The quantitative estimate of drug-likeness (QED) is 0.324. The number of carbonyl (C=O) groups excluding carboxylic acids is 2. The van der Waals surface area contributed by atoms with E-state index >= 15 is 0 Å². The van der Waals surface area contributed by atoms with E-state index in [2.05, 4.69) is 32.6 Å². The lowest BCUT2D eigenvalue weighted by Crippen LogP contribution is -2.32. The Morgan fingerprint density at radius 2 is 1.88 bits per heavy atom. The molecular formula is C23H35NO2. The molecule has 0 heterocycles. The summed E-state index contributed by atoms with van der Waals surface area (Å²) in [6.45, 7) is 8.78. The first-order valence-electron chi connectivity index (χ1n) is 9.95. The normalized spacial score (nSPS) is 13.4. The van der Waals surface area contributed by atoms with Gasteiger partial charge in [0.25, 0.3) is 0 Å². The van der Waals surface area contributed by atoms with Crippen LogP contribution in [0.2, 0.25) is 0 Å². The van der Waals surface area contributed by atoms with Gasteiger partial charge in [-0.1, -0.05) is 57.4 Å². The molecule has 2 atom stereocenters. The van der Waals surface area contributed by atoms with Crippen LogP contribution in [-0.4, -0.2) is 30.6 Å². The van der Waals surface area contributed by atoms with E-state index in [-0.39, 0.29) is 6.04 Å². The molecule has 0 aliphatic heterocycles. The number of allylic oxidation sites excluding steroid dienone is 1. The molecule has 0 saturated heterocycles. The second kappa shape index (κ2) is 12.6. The molecule has 0 amide bonds. The van der Waals surface area contributed by atoms with Crippen molar-refractivity contribution in [1.29, 1.82) is 0 Å². The summed E-state index contributed by atoms with van der Waals surface area (Å²) in [6, 6.07) is 6.09. The first kappa shape index (κ1) is 22.3. The molecule has 0 aromatic heterocycles. The van der Waals surface area contributed by atoms with Gasteiger partial charge in [-0.3, -0.25) is 9.69 Å². The van der Waals surface area contributed by atoms with E-state index in [0.29, 0.717) is 12.5 Å². The van der Waals surface area contributed by atoms with E-state index in [4.69, 9.17) is 0 Å². The zero-order valence-electron chi connectivity index (χ0n) is 16.7. The minimum atomic E-state index is -0.150. The molecule has 144 valence electrons. The molecular weight excluding hydrogens is 322 g/mol. The first-order chi connectivity index (χ1) is 12.6. The van der Waals surface area contributed by atoms with Crippen LogP contribution in [0.5, 0.6) is 0 Å². The van der Waals surface area contributed by atoms with Crippen molar-refractivity contribution in [1.82, 2.24) is 4.90 Å². The minimum Gasteiger partial charge on any atom is -0.302 e. The summed E-state index contributed by atoms with van der Waals surface area (Å²) >= 11 is 0. The molecule has 2 unspecified atom stereocenters. The number of benzene rings is 1. The van der Waals surface area contributed by atoms with Crippen molar-refractivity contribution in [2.24, 2.45) is 0 Å². The average Bonchev–Trinajstić information content (AvgIpc) is 2.65. The third-order valence-electron chi connectivity index (χ3n) is 5.12. The van der Waals surface area contributed by atoms with E-state index in [1.807, 2.05) is 24.1 Å². The number of carbonyl (C=O) groups is 2. The maximum Gasteiger partial charge on any atom is 0.150 e. The van der Waals surface area contributed by atoms with E-state index in [9.17, 15) is 9.59 Å². The molecule has 3 nitrogen and oxygen atoms in total. The van der Waals surface area contributed by atoms with E-state index in [1.54, 1.807) is 0 Å². The molecule has 26 heavy (non-hydrogen) atoms. The van der Waals surface area contributed by atoms with E-state index in [1.165, 1.54) is 31.2 Å². The van der Waals surface area contributed by atoms with Gasteiger partial charge in [0.1, 0.15) is 12.6 Å². The molecule has 0 bridgehead atoms. The third kappa shape index (κ3) is 6.87. The predicted molar refractivity (Wildman–Crippen MR) is 110 cm³/mol. The summed E-state index contributed by atoms with van der Waals surface area (Å²) in [5, 5.41) is 0. The van der Waals surface area contributed by atoms with Crippen LogP contribution in [0, 0.1) is 0 Å². The van der Waals surface area contributed by atoms with Crippen molar-refractivity contribution in [3.63, 3.8) is 0 Å². The molecule has 0 N–H and O–H groups in total. The summed E-state index contributed by atoms with van der Waals surface area (Å²) in [6.07, 6.45) is 11.3. The zero-order valence-corrected chi connectivity index (χ0v) is 16.7. The van der Waals surface area contributed by atoms with Gasteiger partial charge in [-0.25, -0.2) is 0 Å². The summed E-state index contributed by atoms with van der Waals surface area (Å²) in [5.74, 6) is 0.548. The van der Waals surface area contributed by atoms with Gasteiger partial charge in [-0.2, -0.15) is 0 Å². The van der Waals surface area contributed by atoms with Crippen LogP contribution in [0.3, 0.4) is 0 Å². The Hall–Kier alpha value is -1.74. The third-order valence-corrected chi connectivity index (χ3v) is 5.12. The monoisotopic (exact) mass is 357 g/mol. The molecule has 3 heteroatoms. The largest absolute Gasteiger partial charge is 0.302 e. The van der Waals surface area contributed by atoms with Crippen LogP contribution in [0.25, 0.3) is 0 Å². The Kier molecular flexibility index (Phi) is 10.8. The fourth-order valence-corrected chi connectivity index (χ4v) is 3.48. The van der Waals surface area contributed by atoms with Crippen molar-refractivity contribution in [3.05, 3.63) is 47.5 Å². The lowest BCUT2D eigenvalue weighted by Gasteiger charge is -2.25. The number of aldehydes is 2. The number of unbranched alkanes of at least 4 members (excludes halogenated alkanes) is 1. The second-order valence-electron chi connectivity index (χ2n) is 7.19. The highest BCUT2D eigenvalue weighted by Gasteiger charge is 2.17. The number of hydrogen-bond acceptors (Lipinski definition) is 3. The number of likely N-dealkylation sites (N-methyl/N-ethyl adjacent to an activating group) is 1. The topological polar surface area (TPSA) is 37.4 Å². The lowest BCUT2D eigenvalue weighted by molar-refractivity contribution is -0.112. The van der Waals surface area contributed by atoms with Gasteiger partial charge in [0.05, 0.1) is 6.04 Å². The van der Waals surface area contributed by atoms with Gasteiger partial charge in [-0.15, -0.1) is 6.58 Å². The molecule has 0 radical (unpaired) electrons. The number of nitrogens with zero attached hydrogens (tertiary/aromatic N) is 1. The molecule has 1 rings (SSSR count). The highest BCUT2D eigenvalue weighted by atomic mass is 16.1. The van der Waals surface area contributed by atoms with Gasteiger partial charge in [0.2, 0.25) is 0 Å². The smallest absolute Gasteiger partial charge is 0.150 e. The van der Waals surface area contributed by atoms with Gasteiger partial charge in [0, 0.05) is 12.1 Å². The molecule has 0 spiro atoms. The Balaban J connectivity index is 3.02. The summed E-state index contributed by atoms with van der Waals surface area (Å²) in [7, 11) is 1.95. The van der Waals surface area contributed by atoms with Crippen LogP contribution >= 0.6 is 0 Å². The minimum absolute atomic E-state index is 0.150. The summed E-state index contributed by atoms with van der Waals surface area (Å²) in [5.41, 5.74) is 3.06. The van der Waals surface area contributed by atoms with Crippen molar-refractivity contribution in [3.8, 4) is 0 Å². The molecule has 0 fully saturated rings. The Morgan fingerprint density at radius 3 is 2.46 bits per heavy atom. The second-order valence-corrected chi connectivity index (χ2v) is 7.19. The first-order valence-corrected chi connectivity index (χ1v) is 9.95. The van der Waals surface area contributed by atoms with Gasteiger partial charge in [0.15, 0.2) is 0 Å². The molecule has 1 aromatic carbocycles. The fraction of sp³-hybridized carbons (Fsp3) is 0.565. The summed E-state index contributed by atoms with van der Waals surface area (Å²) in [4.78, 5) is 25.0. The average molecular weight is 358 g/mol. The van der Waals surface area contributed by atoms with Crippen LogP contribution in [0.15, 0.2) is 30.9 Å². The molecule has 0 aliphatic rings. The van der Waals surface area contributed by atoms with Gasteiger partial charge >= 0.3 is 0 Å². The molecule has 0 saturated carbocycles. The number of rotatable bonds is 14. The maximum atomic E-state index is 11.5. The van der Waals surface area contributed by atoms with Crippen molar-refractivity contribution < 1.29 is 9.59 Å². The lowest BCUT2D eigenvalue weighted by atomic mass is 9.88. The van der Waals surface area contributed by atoms with Crippen LogP contribution in [0.1, 0.15) is 86.2 Å². The fourth-order valence-electron chi connectivity index (χ4n) is 3.48. The van der Waals surface area contributed by atoms with E-state index < -0.39 is 0 Å². The van der Waals surface area contributed by atoms with Crippen LogP contribution in [-0.2, 0) is 11.3 Å². The van der Waals surface area contributed by atoms with E-state index in [0.717, 1.165) is 43.0 Å². The van der Waals surface area contributed by atoms with Crippen LogP contribution < -0.4 is 0 Å². The Morgan fingerprint density at radius 1 is 1.12 bits per heavy atom. The molecule has 0 aliphatic carbocycles. The molecule has 1 aromatic rings. The predicted octanol–water partition coefficient (Wildman–Crippen LogP) is 5.54. The standard InChI is InChI=1S/C23H35NO2/c1-5-8-11-19(10-7-3)20-13-14-21(17-25)22(15-20)16-24(4)23(18-26)12-9-6-2/h6,13-15,17-19,23H,2,5,7-12,16H2,1,3-4H3. The highest BCUT2D eigenvalue weighted by Crippen LogP contribution is 2.29. The van der Waals surface area contributed by atoms with Crippen LogP contribution in [0.4, 0.5) is 0 Å². The number of hydrogen-bond donors (Lipinski definition) is 0. The van der Waals surface area contributed by atoms with Crippen molar-refractivity contribution in [2.75, 3.05) is 7.05 Å². The maximum absolute atomic E-state index is 11.5. The Labute approximate surface area is 159 Å². The van der Waals surface area contributed by atoms with Crippen molar-refractivity contribution in [2.45, 2.75) is 77.3 Å². The Bertz CT molecular complexity index is 567. The van der Waals surface area contributed by atoms with Gasteiger partial charge < -0.3 is 4.79 Å².